The number of carbonyl (C=O) groups excluding carboxylic acids is 1. The lowest BCUT2D eigenvalue weighted by atomic mass is 10.2. The molecule has 0 saturated heterocycles. The molecule has 0 atom stereocenters. The van der Waals surface area contributed by atoms with Gasteiger partial charge >= 0.3 is 5.97 Å². The SMILES string of the molecule is CCCCOc1ccc(C(=O)Oc2ccc(C#N)cc2)cc1.C[SiH2]O[SiH3]. The zero-order valence-electron chi connectivity index (χ0n) is 15.5. The Labute approximate surface area is 160 Å². The summed E-state index contributed by atoms with van der Waals surface area (Å²) in [6.07, 6.45) is 2.08. The highest BCUT2D eigenvalue weighted by molar-refractivity contribution is 6.32. The maximum absolute atomic E-state index is 12.0. The van der Waals surface area contributed by atoms with E-state index in [4.69, 9.17) is 18.9 Å². The largest absolute Gasteiger partial charge is 0.494 e. The van der Waals surface area contributed by atoms with Crippen molar-refractivity contribution in [1.29, 1.82) is 5.26 Å². The molecule has 0 N–H and O–H groups in total. The summed E-state index contributed by atoms with van der Waals surface area (Å²) in [4.78, 5) is 12.0. The van der Waals surface area contributed by atoms with Crippen molar-refractivity contribution in [2.75, 3.05) is 6.61 Å². The average Bonchev–Trinajstić information content (AvgIpc) is 2.69. The Bertz CT molecular complexity index is 695. The Morgan fingerprint density at radius 2 is 1.69 bits per heavy atom. The number of carbonyl (C=O) groups is 1. The second-order valence-corrected chi connectivity index (χ2v) is 8.22. The van der Waals surface area contributed by atoms with Crippen molar-refractivity contribution in [3.05, 3.63) is 59.7 Å². The second-order valence-electron chi connectivity index (χ2n) is 5.33. The van der Waals surface area contributed by atoms with Crippen LogP contribution in [-0.4, -0.2) is 32.8 Å². The number of hydrogen-bond donors (Lipinski definition) is 0. The predicted molar refractivity (Wildman–Crippen MR) is 108 cm³/mol. The van der Waals surface area contributed by atoms with Crippen molar-refractivity contribution in [3.8, 4) is 17.6 Å². The van der Waals surface area contributed by atoms with Gasteiger partial charge in [0.1, 0.15) is 31.7 Å². The van der Waals surface area contributed by atoms with Crippen molar-refractivity contribution in [2.45, 2.75) is 26.3 Å². The van der Waals surface area contributed by atoms with Gasteiger partial charge in [-0.2, -0.15) is 5.26 Å². The molecule has 0 heterocycles. The predicted octanol–water partition coefficient (Wildman–Crippen LogP) is 2.37. The van der Waals surface area contributed by atoms with Crippen LogP contribution in [0.15, 0.2) is 48.5 Å². The summed E-state index contributed by atoms with van der Waals surface area (Å²) in [5.74, 6) is 0.709. The van der Waals surface area contributed by atoms with Gasteiger partial charge in [0.05, 0.1) is 23.8 Å². The third kappa shape index (κ3) is 8.11. The first-order valence-electron chi connectivity index (χ1n) is 8.58. The maximum atomic E-state index is 12.0. The van der Waals surface area contributed by atoms with Crippen LogP contribution in [0.4, 0.5) is 0 Å². The normalized spacial score (nSPS) is 10.0. The van der Waals surface area contributed by atoms with Gasteiger partial charge in [0.2, 0.25) is 0 Å². The Hall–Kier alpha value is -2.41. The summed E-state index contributed by atoms with van der Waals surface area (Å²) in [5.41, 5.74) is 0.973. The van der Waals surface area contributed by atoms with Crippen molar-refractivity contribution >= 4 is 26.2 Å². The maximum Gasteiger partial charge on any atom is 0.343 e. The van der Waals surface area contributed by atoms with Crippen LogP contribution in [0.5, 0.6) is 11.5 Å². The number of nitriles is 1. The molecule has 0 bridgehead atoms. The van der Waals surface area contributed by atoms with Gasteiger partial charge in [-0.05, 0) is 55.0 Å². The van der Waals surface area contributed by atoms with Gasteiger partial charge in [-0.15, -0.1) is 0 Å². The van der Waals surface area contributed by atoms with E-state index in [2.05, 4.69) is 13.5 Å². The Morgan fingerprint density at radius 3 is 2.19 bits per heavy atom. The van der Waals surface area contributed by atoms with Gasteiger partial charge < -0.3 is 13.6 Å². The number of nitrogens with zero attached hydrogens (tertiary/aromatic N) is 1. The Balaban J connectivity index is 0.000000765. The van der Waals surface area contributed by atoms with Crippen LogP contribution in [0, 0.1) is 11.3 Å². The van der Waals surface area contributed by atoms with E-state index in [1.807, 2.05) is 6.07 Å². The van der Waals surface area contributed by atoms with Gasteiger partial charge in [0, 0.05) is 0 Å². The van der Waals surface area contributed by atoms with Crippen molar-refractivity contribution in [1.82, 2.24) is 0 Å². The highest BCUT2D eigenvalue weighted by Gasteiger charge is 2.08. The third-order valence-electron chi connectivity index (χ3n) is 3.34. The molecule has 0 fully saturated rings. The van der Waals surface area contributed by atoms with E-state index in [9.17, 15) is 4.79 Å². The van der Waals surface area contributed by atoms with E-state index >= 15 is 0 Å². The molecule has 0 amide bonds. The highest BCUT2D eigenvalue weighted by Crippen LogP contribution is 2.16. The molecule has 26 heavy (non-hydrogen) atoms. The molecule has 2 aromatic rings. The number of hydrogen-bond acceptors (Lipinski definition) is 5. The molecule has 2 rings (SSSR count). The molecule has 5 nitrogen and oxygen atoms in total. The van der Waals surface area contributed by atoms with Crippen LogP contribution in [0.3, 0.4) is 0 Å². The first kappa shape index (κ1) is 21.6. The summed E-state index contributed by atoms with van der Waals surface area (Å²) in [7, 11) is 0.938. The van der Waals surface area contributed by atoms with Crippen molar-refractivity contribution < 1.29 is 18.4 Å². The zero-order valence-corrected chi connectivity index (χ0v) is 18.9. The monoisotopic (exact) mass is 387 g/mol. The number of unbranched alkanes of at least 4 members (excludes halogenated alkanes) is 1. The average molecular weight is 388 g/mol. The number of ether oxygens (including phenoxy) is 2. The summed E-state index contributed by atoms with van der Waals surface area (Å²) in [6, 6.07) is 15.3. The van der Waals surface area contributed by atoms with Gasteiger partial charge in [0.25, 0.3) is 0 Å². The van der Waals surface area contributed by atoms with E-state index in [-0.39, 0.29) is 9.76 Å². The lowest BCUT2D eigenvalue weighted by Gasteiger charge is -2.07. The standard InChI is InChI=1S/C18H17NO3.CH8OSi2/c1-2-3-12-21-16-10-6-15(7-11-16)18(20)22-17-8-4-14(13-19)5-9-17;1-4-2-3/h4-11H,2-3,12H2,1H3;4H2,1,3H3. The lowest BCUT2D eigenvalue weighted by Crippen LogP contribution is -2.08. The Kier molecular flexibility index (Phi) is 10.7. The van der Waals surface area contributed by atoms with E-state index in [1.54, 1.807) is 48.5 Å². The lowest BCUT2D eigenvalue weighted by molar-refractivity contribution is 0.0734. The second kappa shape index (κ2) is 12.9. The van der Waals surface area contributed by atoms with Crippen LogP contribution in [0.2, 0.25) is 6.55 Å². The molecule has 0 spiro atoms. The van der Waals surface area contributed by atoms with Gasteiger partial charge in [0.15, 0.2) is 0 Å². The number of esters is 1. The molecule has 0 aromatic heterocycles. The quantitative estimate of drug-likeness (QED) is 0.316. The molecule has 0 aliphatic carbocycles. The van der Waals surface area contributed by atoms with E-state index < -0.39 is 5.97 Å². The molecule has 0 aliphatic heterocycles. The smallest absolute Gasteiger partial charge is 0.343 e. The zero-order chi connectivity index (χ0) is 19.2. The summed E-state index contributed by atoms with van der Waals surface area (Å²) < 4.78 is 15.6. The van der Waals surface area contributed by atoms with Crippen molar-refractivity contribution in [2.24, 2.45) is 0 Å². The van der Waals surface area contributed by atoms with Crippen LogP contribution < -0.4 is 9.47 Å². The van der Waals surface area contributed by atoms with E-state index in [1.165, 1.54) is 0 Å². The van der Waals surface area contributed by atoms with Crippen molar-refractivity contribution in [3.63, 3.8) is 0 Å². The molecule has 0 aliphatic rings. The molecule has 138 valence electrons. The molecular formula is C19H25NO4Si2. The third-order valence-corrected chi connectivity index (χ3v) is 5.65. The molecular weight excluding hydrogens is 362 g/mol. The summed E-state index contributed by atoms with van der Waals surface area (Å²) in [5, 5.41) is 8.72. The number of benzene rings is 2. The minimum absolute atomic E-state index is 0.0139. The molecule has 0 saturated carbocycles. The minimum atomic E-state index is -0.440. The Morgan fingerprint density at radius 1 is 1.12 bits per heavy atom. The number of rotatable bonds is 7. The molecule has 7 heteroatoms. The van der Waals surface area contributed by atoms with E-state index in [0.29, 0.717) is 23.5 Å². The fourth-order valence-corrected chi connectivity index (χ4v) is 1.79. The van der Waals surface area contributed by atoms with Crippen LogP contribution in [-0.2, 0) is 4.12 Å². The highest BCUT2D eigenvalue weighted by atomic mass is 28.3. The van der Waals surface area contributed by atoms with Crippen LogP contribution >= 0.6 is 0 Å². The fourth-order valence-electron chi connectivity index (χ4n) is 1.79. The van der Waals surface area contributed by atoms with E-state index in [0.717, 1.165) is 29.1 Å². The first-order chi connectivity index (χ1) is 12.6. The van der Waals surface area contributed by atoms with Crippen LogP contribution in [0.1, 0.15) is 35.7 Å². The van der Waals surface area contributed by atoms with Gasteiger partial charge in [-0.25, -0.2) is 4.79 Å². The topological polar surface area (TPSA) is 68.5 Å². The fraction of sp³-hybridized carbons (Fsp3) is 0.263. The van der Waals surface area contributed by atoms with Crippen LogP contribution in [0.25, 0.3) is 0 Å². The molecule has 2 aromatic carbocycles. The first-order valence-corrected chi connectivity index (χ1v) is 11.4. The molecule has 0 unspecified atom stereocenters. The summed E-state index contributed by atoms with van der Waals surface area (Å²) in [6.45, 7) is 4.91. The molecule has 0 radical (unpaired) electrons. The van der Waals surface area contributed by atoms with Gasteiger partial charge in [-0.3, -0.25) is 0 Å². The van der Waals surface area contributed by atoms with Gasteiger partial charge in [-0.1, -0.05) is 19.9 Å². The summed E-state index contributed by atoms with van der Waals surface area (Å²) >= 11 is 0. The minimum Gasteiger partial charge on any atom is -0.494 e.